The van der Waals surface area contributed by atoms with Gasteiger partial charge in [0.15, 0.2) is 0 Å². The molecule has 88 valence electrons. The molecule has 4 heteroatoms. The molecule has 1 aromatic carbocycles. The van der Waals surface area contributed by atoms with Crippen molar-refractivity contribution in [2.45, 2.75) is 0 Å². The molecule has 1 rings (SSSR count). The van der Waals surface area contributed by atoms with E-state index >= 15 is 0 Å². The Bertz CT molecular complexity index is 352. The molecule has 0 N–H and O–H groups in total. The average molecular weight is 223 g/mol. The van der Waals surface area contributed by atoms with Crippen molar-refractivity contribution in [1.29, 1.82) is 0 Å². The van der Waals surface area contributed by atoms with Gasteiger partial charge in [-0.2, -0.15) is 0 Å². The second-order valence-electron chi connectivity index (χ2n) is 4.67. The van der Waals surface area contributed by atoms with Gasteiger partial charge in [0, 0.05) is 0 Å². The highest BCUT2D eigenvalue weighted by atomic mass is 16.5. The van der Waals surface area contributed by atoms with Crippen LogP contribution in [0.15, 0.2) is 24.3 Å². The third-order valence-corrected chi connectivity index (χ3v) is 2.09. The second kappa shape index (κ2) is 4.99. The molecule has 0 aliphatic carbocycles. The van der Waals surface area contributed by atoms with Crippen LogP contribution in [0.2, 0.25) is 0 Å². The number of esters is 1. The number of benzene rings is 1. The predicted octanol–water partition coefficient (Wildman–Crippen LogP) is 0.623. The molecule has 0 atom stereocenters. The summed E-state index contributed by atoms with van der Waals surface area (Å²) in [5, 5.41) is 10.8. The minimum Gasteiger partial charge on any atom is -0.872 e. The Balaban J connectivity index is 2.44. The van der Waals surface area contributed by atoms with Gasteiger partial charge in [-0.25, -0.2) is 4.79 Å². The summed E-state index contributed by atoms with van der Waals surface area (Å²) >= 11 is 0. The van der Waals surface area contributed by atoms with Crippen LogP contribution < -0.4 is 5.11 Å². The van der Waals surface area contributed by atoms with Gasteiger partial charge in [0.1, 0.15) is 13.2 Å². The van der Waals surface area contributed by atoms with Crippen molar-refractivity contribution >= 4 is 5.97 Å². The van der Waals surface area contributed by atoms with Crippen LogP contribution in [0.1, 0.15) is 10.4 Å². The van der Waals surface area contributed by atoms with Crippen molar-refractivity contribution in [2.24, 2.45) is 0 Å². The molecule has 0 radical (unpaired) electrons. The summed E-state index contributed by atoms with van der Waals surface area (Å²) in [6.07, 6.45) is 0. The Hall–Kier alpha value is -1.55. The van der Waals surface area contributed by atoms with Crippen LogP contribution in [0.4, 0.5) is 0 Å². The first kappa shape index (κ1) is 12.5. The van der Waals surface area contributed by atoms with Crippen molar-refractivity contribution in [3.05, 3.63) is 29.8 Å². The number of likely N-dealkylation sites (N-methyl/N-ethyl adjacent to an activating group) is 1. The zero-order valence-electron chi connectivity index (χ0n) is 9.90. The second-order valence-corrected chi connectivity index (χ2v) is 4.67. The lowest BCUT2D eigenvalue weighted by molar-refractivity contribution is -0.870. The number of hydrogen-bond donors (Lipinski definition) is 0. The lowest BCUT2D eigenvalue weighted by atomic mass is 10.2. The molecular formula is C12H17NO3. The van der Waals surface area contributed by atoms with Gasteiger partial charge in [-0.15, -0.1) is 5.75 Å². The highest BCUT2D eigenvalue weighted by Gasteiger charge is 2.10. The van der Waals surface area contributed by atoms with E-state index < -0.39 is 0 Å². The number of quaternary nitrogens is 1. The van der Waals surface area contributed by atoms with Crippen LogP contribution in [0.5, 0.6) is 5.75 Å². The van der Waals surface area contributed by atoms with Crippen molar-refractivity contribution in [3.63, 3.8) is 0 Å². The maximum Gasteiger partial charge on any atom is 0.338 e. The van der Waals surface area contributed by atoms with E-state index in [2.05, 4.69) is 0 Å². The number of nitrogens with zero attached hydrogens (tertiary/aromatic N) is 1. The maximum absolute atomic E-state index is 11.5. The summed E-state index contributed by atoms with van der Waals surface area (Å²) in [5.41, 5.74) is 0.418. The van der Waals surface area contributed by atoms with Gasteiger partial charge in [0.05, 0.1) is 26.7 Å². The Kier molecular flexibility index (Phi) is 3.90. The molecule has 1 aromatic rings. The Morgan fingerprint density at radius 1 is 1.25 bits per heavy atom. The first-order valence-corrected chi connectivity index (χ1v) is 5.13. The Morgan fingerprint density at radius 2 is 1.81 bits per heavy atom. The summed E-state index contributed by atoms with van der Waals surface area (Å²) < 4.78 is 5.83. The van der Waals surface area contributed by atoms with Crippen molar-refractivity contribution < 1.29 is 19.1 Å². The van der Waals surface area contributed by atoms with E-state index in [4.69, 9.17) is 4.74 Å². The quantitative estimate of drug-likeness (QED) is 0.555. The monoisotopic (exact) mass is 223 g/mol. The van der Waals surface area contributed by atoms with E-state index in [1.165, 1.54) is 24.3 Å². The van der Waals surface area contributed by atoms with Gasteiger partial charge in [0.2, 0.25) is 0 Å². The first-order valence-electron chi connectivity index (χ1n) is 5.13. The molecule has 0 aliphatic rings. The first-order chi connectivity index (χ1) is 7.38. The van der Waals surface area contributed by atoms with Crippen LogP contribution in [0.25, 0.3) is 0 Å². The van der Waals surface area contributed by atoms with Gasteiger partial charge in [-0.05, 0) is 12.1 Å². The third-order valence-electron chi connectivity index (χ3n) is 2.09. The summed E-state index contributed by atoms with van der Waals surface area (Å²) in [5.74, 6) is -0.489. The fourth-order valence-corrected chi connectivity index (χ4v) is 1.09. The summed E-state index contributed by atoms with van der Waals surface area (Å²) in [7, 11) is 6.08. The van der Waals surface area contributed by atoms with Crippen molar-refractivity contribution in [2.75, 3.05) is 34.3 Å². The zero-order chi connectivity index (χ0) is 12.2. The van der Waals surface area contributed by atoms with Crippen LogP contribution in [-0.4, -0.2) is 44.7 Å². The summed E-state index contributed by atoms with van der Waals surface area (Å²) in [4.78, 5) is 11.5. The van der Waals surface area contributed by atoms with Crippen molar-refractivity contribution in [1.82, 2.24) is 0 Å². The summed E-state index contributed by atoms with van der Waals surface area (Å²) in [6, 6.07) is 5.68. The highest BCUT2D eigenvalue weighted by Crippen LogP contribution is 2.08. The normalized spacial score (nSPS) is 11.2. The lowest BCUT2D eigenvalue weighted by Crippen LogP contribution is -2.38. The molecule has 0 amide bonds. The molecule has 0 saturated carbocycles. The van der Waals surface area contributed by atoms with Gasteiger partial charge in [-0.1, -0.05) is 12.1 Å². The number of carbonyl (C=O) groups excluding carboxylic acids is 1. The minimum absolute atomic E-state index is 0.108. The number of ether oxygens (including phenoxy) is 1. The zero-order valence-corrected chi connectivity index (χ0v) is 9.90. The summed E-state index contributed by atoms with van der Waals surface area (Å²) in [6.45, 7) is 1.13. The number of carbonyl (C=O) groups is 1. The van der Waals surface area contributed by atoms with Crippen LogP contribution >= 0.6 is 0 Å². The highest BCUT2D eigenvalue weighted by molar-refractivity contribution is 5.89. The van der Waals surface area contributed by atoms with E-state index in [0.717, 1.165) is 11.0 Å². The minimum atomic E-state index is -0.381. The van der Waals surface area contributed by atoms with E-state index in [1.807, 2.05) is 21.1 Å². The SMILES string of the molecule is C[N+](C)(C)CCOC(=O)c1ccc([O-])cc1. The lowest BCUT2D eigenvalue weighted by Gasteiger charge is -2.23. The maximum atomic E-state index is 11.5. The molecule has 0 spiro atoms. The molecule has 0 aromatic heterocycles. The van der Waals surface area contributed by atoms with E-state index in [9.17, 15) is 9.90 Å². The third kappa shape index (κ3) is 4.31. The van der Waals surface area contributed by atoms with Crippen LogP contribution in [0.3, 0.4) is 0 Å². The molecule has 4 nitrogen and oxygen atoms in total. The number of hydrogen-bond acceptors (Lipinski definition) is 3. The van der Waals surface area contributed by atoms with E-state index in [1.54, 1.807) is 0 Å². The van der Waals surface area contributed by atoms with Gasteiger partial charge >= 0.3 is 5.97 Å². The molecule has 0 fully saturated rings. The van der Waals surface area contributed by atoms with Crippen molar-refractivity contribution in [3.8, 4) is 5.75 Å². The molecule has 0 heterocycles. The fourth-order valence-electron chi connectivity index (χ4n) is 1.09. The predicted molar refractivity (Wildman–Crippen MR) is 59.1 cm³/mol. The average Bonchev–Trinajstić information content (AvgIpc) is 2.16. The van der Waals surface area contributed by atoms with Gasteiger partial charge in [0.25, 0.3) is 0 Å². The van der Waals surface area contributed by atoms with Crippen LogP contribution in [0, 0.1) is 0 Å². The molecule has 16 heavy (non-hydrogen) atoms. The molecule has 0 saturated heterocycles. The largest absolute Gasteiger partial charge is 0.872 e. The van der Waals surface area contributed by atoms with E-state index in [0.29, 0.717) is 12.2 Å². The smallest absolute Gasteiger partial charge is 0.338 e. The molecular weight excluding hydrogens is 206 g/mol. The Morgan fingerprint density at radius 3 is 2.31 bits per heavy atom. The fraction of sp³-hybridized carbons (Fsp3) is 0.417. The molecule has 0 unspecified atom stereocenters. The molecule has 0 bridgehead atoms. The topological polar surface area (TPSA) is 49.4 Å². The number of rotatable bonds is 4. The standard InChI is InChI=1S/C12H17NO3/c1-13(2,3)8-9-16-12(15)10-4-6-11(14)7-5-10/h4-7H,8-9H2,1-3H3. The molecule has 0 aliphatic heterocycles. The van der Waals surface area contributed by atoms with Gasteiger partial charge in [-0.3, -0.25) is 0 Å². The van der Waals surface area contributed by atoms with Crippen LogP contribution in [-0.2, 0) is 4.74 Å². The van der Waals surface area contributed by atoms with Gasteiger partial charge < -0.3 is 14.3 Å². The van der Waals surface area contributed by atoms with E-state index in [-0.39, 0.29) is 11.7 Å². The Labute approximate surface area is 95.7 Å².